The predicted octanol–water partition coefficient (Wildman–Crippen LogP) is 4.38. The molecule has 0 bridgehead atoms. The van der Waals surface area contributed by atoms with Gasteiger partial charge in [0.25, 0.3) is 5.91 Å². The van der Waals surface area contributed by atoms with Crippen LogP contribution in [-0.2, 0) is 13.0 Å². The van der Waals surface area contributed by atoms with E-state index in [9.17, 15) is 4.79 Å². The molecule has 0 saturated carbocycles. The molecule has 0 saturated heterocycles. The number of carbonyl (C=O) groups is 1. The second kappa shape index (κ2) is 9.57. The third-order valence-corrected chi connectivity index (χ3v) is 4.95. The van der Waals surface area contributed by atoms with Crippen LogP contribution in [0.4, 0.5) is 0 Å². The Labute approximate surface area is 159 Å². The highest BCUT2D eigenvalue weighted by Crippen LogP contribution is 2.28. The molecule has 26 heavy (non-hydrogen) atoms. The predicted molar refractivity (Wildman–Crippen MR) is 105 cm³/mol. The summed E-state index contributed by atoms with van der Waals surface area (Å²) < 4.78 is 11.0. The second-order valence-corrected chi connectivity index (χ2v) is 7.72. The molecule has 0 unspecified atom stereocenters. The van der Waals surface area contributed by atoms with E-state index in [2.05, 4.69) is 31.1 Å². The summed E-state index contributed by atoms with van der Waals surface area (Å²) in [6, 6.07) is 5.72. The smallest absolute Gasteiger partial charge is 0.263 e. The van der Waals surface area contributed by atoms with Crippen molar-refractivity contribution < 1.29 is 14.3 Å². The van der Waals surface area contributed by atoms with Crippen molar-refractivity contribution in [3.8, 4) is 11.5 Å². The highest BCUT2D eigenvalue weighted by Gasteiger charge is 2.16. The van der Waals surface area contributed by atoms with Crippen LogP contribution in [0, 0.1) is 12.8 Å². The normalized spacial score (nSPS) is 10.8. The molecule has 1 N–H and O–H groups in total. The van der Waals surface area contributed by atoms with Gasteiger partial charge in [-0.15, -0.1) is 11.3 Å². The fourth-order valence-corrected chi connectivity index (χ4v) is 3.71. The zero-order valence-corrected chi connectivity index (χ0v) is 17.0. The van der Waals surface area contributed by atoms with E-state index in [0.717, 1.165) is 34.9 Å². The summed E-state index contributed by atoms with van der Waals surface area (Å²) in [6.45, 7) is 9.33. The summed E-state index contributed by atoms with van der Waals surface area (Å²) in [5.74, 6) is 1.84. The molecule has 1 aromatic heterocycles. The Kier molecular flexibility index (Phi) is 7.45. The van der Waals surface area contributed by atoms with E-state index in [1.54, 1.807) is 7.11 Å². The van der Waals surface area contributed by atoms with Crippen molar-refractivity contribution in [3.05, 3.63) is 39.3 Å². The van der Waals surface area contributed by atoms with Gasteiger partial charge < -0.3 is 14.8 Å². The molecule has 1 heterocycles. The zero-order valence-electron chi connectivity index (χ0n) is 16.2. The Balaban J connectivity index is 2.02. The van der Waals surface area contributed by atoms with Crippen molar-refractivity contribution in [3.63, 3.8) is 0 Å². The second-order valence-electron chi connectivity index (χ2n) is 6.64. The van der Waals surface area contributed by atoms with E-state index in [4.69, 9.17) is 9.47 Å². The molecule has 1 amide bonds. The van der Waals surface area contributed by atoms with Gasteiger partial charge in [0.15, 0.2) is 11.5 Å². The molecule has 0 atom stereocenters. The Morgan fingerprint density at radius 2 is 2.08 bits per heavy atom. The summed E-state index contributed by atoms with van der Waals surface area (Å²) in [7, 11) is 1.62. The SMILES string of the molecule is CCCOc1ccc(CNC(=O)c2sc(CC(C)C)nc2C)cc1OC. The van der Waals surface area contributed by atoms with E-state index in [1.165, 1.54) is 11.3 Å². The molecule has 0 spiro atoms. The minimum atomic E-state index is -0.0831. The quantitative estimate of drug-likeness (QED) is 0.706. The first-order chi connectivity index (χ1) is 12.4. The summed E-state index contributed by atoms with van der Waals surface area (Å²) in [5.41, 5.74) is 1.76. The number of aryl methyl sites for hydroxylation is 1. The summed E-state index contributed by atoms with van der Waals surface area (Å²) >= 11 is 1.48. The number of methoxy groups -OCH3 is 1. The number of aromatic nitrogens is 1. The number of hydrogen-bond donors (Lipinski definition) is 1. The standard InChI is InChI=1S/C20H28N2O3S/c1-6-9-25-16-8-7-15(11-17(16)24-5)12-21-20(23)19-14(4)22-18(26-19)10-13(2)3/h7-8,11,13H,6,9-10,12H2,1-5H3,(H,21,23). The third kappa shape index (κ3) is 5.46. The highest BCUT2D eigenvalue weighted by atomic mass is 32.1. The largest absolute Gasteiger partial charge is 0.493 e. The average molecular weight is 377 g/mol. The van der Waals surface area contributed by atoms with Gasteiger partial charge in [0.1, 0.15) is 4.88 Å². The number of nitrogens with one attached hydrogen (secondary N) is 1. The zero-order chi connectivity index (χ0) is 19.1. The molecular weight excluding hydrogens is 348 g/mol. The van der Waals surface area contributed by atoms with Crippen LogP contribution in [0.25, 0.3) is 0 Å². The van der Waals surface area contributed by atoms with Gasteiger partial charge in [-0.2, -0.15) is 0 Å². The lowest BCUT2D eigenvalue weighted by Gasteiger charge is -2.12. The van der Waals surface area contributed by atoms with E-state index < -0.39 is 0 Å². The molecule has 2 aromatic rings. The molecule has 142 valence electrons. The van der Waals surface area contributed by atoms with Crippen molar-refractivity contribution in [2.45, 2.75) is 47.1 Å². The molecule has 2 rings (SSSR count). The van der Waals surface area contributed by atoms with Crippen molar-refractivity contribution in [1.82, 2.24) is 10.3 Å². The number of nitrogens with zero attached hydrogens (tertiary/aromatic N) is 1. The first-order valence-corrected chi connectivity index (χ1v) is 9.80. The van der Waals surface area contributed by atoms with Gasteiger partial charge in [-0.25, -0.2) is 4.98 Å². The summed E-state index contributed by atoms with van der Waals surface area (Å²) in [5, 5.41) is 3.99. The lowest BCUT2D eigenvalue weighted by Crippen LogP contribution is -2.22. The topological polar surface area (TPSA) is 60.5 Å². The first kappa shape index (κ1) is 20.2. The fraction of sp³-hybridized carbons (Fsp3) is 0.500. The van der Waals surface area contributed by atoms with Crippen LogP contribution in [0.3, 0.4) is 0 Å². The maximum Gasteiger partial charge on any atom is 0.263 e. The number of ether oxygens (including phenoxy) is 2. The lowest BCUT2D eigenvalue weighted by molar-refractivity contribution is 0.0954. The molecule has 0 aliphatic carbocycles. The number of benzene rings is 1. The van der Waals surface area contributed by atoms with E-state index in [0.29, 0.717) is 29.7 Å². The number of rotatable bonds is 9. The molecule has 5 nitrogen and oxygen atoms in total. The van der Waals surface area contributed by atoms with Crippen LogP contribution in [0.1, 0.15) is 53.1 Å². The molecule has 0 aliphatic rings. The Morgan fingerprint density at radius 3 is 2.73 bits per heavy atom. The number of thiazole rings is 1. The molecular formula is C20H28N2O3S. The van der Waals surface area contributed by atoms with Crippen LogP contribution in [0.5, 0.6) is 11.5 Å². The van der Waals surface area contributed by atoms with E-state index >= 15 is 0 Å². The van der Waals surface area contributed by atoms with Crippen molar-refractivity contribution in [2.24, 2.45) is 5.92 Å². The van der Waals surface area contributed by atoms with Gasteiger partial charge in [-0.05, 0) is 37.0 Å². The number of amides is 1. The Hall–Kier alpha value is -2.08. The average Bonchev–Trinajstić information content (AvgIpc) is 2.97. The van der Waals surface area contributed by atoms with E-state index in [-0.39, 0.29) is 5.91 Å². The molecule has 0 aliphatic heterocycles. The van der Waals surface area contributed by atoms with Crippen molar-refractivity contribution in [1.29, 1.82) is 0 Å². The Morgan fingerprint density at radius 1 is 1.31 bits per heavy atom. The van der Waals surface area contributed by atoms with Crippen molar-refractivity contribution in [2.75, 3.05) is 13.7 Å². The fourth-order valence-electron chi connectivity index (χ4n) is 2.52. The van der Waals surface area contributed by atoms with Gasteiger partial charge in [0, 0.05) is 13.0 Å². The third-order valence-electron chi connectivity index (χ3n) is 3.77. The highest BCUT2D eigenvalue weighted by molar-refractivity contribution is 7.13. The van der Waals surface area contributed by atoms with Crippen LogP contribution in [0.2, 0.25) is 0 Å². The van der Waals surface area contributed by atoms with Gasteiger partial charge in [0.2, 0.25) is 0 Å². The van der Waals surface area contributed by atoms with Crippen molar-refractivity contribution >= 4 is 17.2 Å². The number of hydrogen-bond acceptors (Lipinski definition) is 5. The van der Waals surface area contributed by atoms with E-state index in [1.807, 2.05) is 25.1 Å². The maximum atomic E-state index is 12.5. The van der Waals surface area contributed by atoms with Gasteiger partial charge >= 0.3 is 0 Å². The molecule has 6 heteroatoms. The molecule has 1 aromatic carbocycles. The summed E-state index contributed by atoms with van der Waals surface area (Å²) in [4.78, 5) is 17.7. The summed E-state index contributed by atoms with van der Waals surface area (Å²) in [6.07, 6.45) is 1.84. The van der Waals surface area contributed by atoms with Crippen LogP contribution >= 0.6 is 11.3 Å². The minimum Gasteiger partial charge on any atom is -0.493 e. The van der Waals surface area contributed by atoms with Gasteiger partial charge in [-0.3, -0.25) is 4.79 Å². The van der Waals surface area contributed by atoms with Crippen LogP contribution in [-0.4, -0.2) is 24.6 Å². The maximum absolute atomic E-state index is 12.5. The molecule has 0 fully saturated rings. The first-order valence-electron chi connectivity index (χ1n) is 8.98. The van der Waals surface area contributed by atoms with Crippen LogP contribution < -0.4 is 14.8 Å². The van der Waals surface area contributed by atoms with Gasteiger partial charge in [-0.1, -0.05) is 26.8 Å². The Bertz CT molecular complexity index is 741. The van der Waals surface area contributed by atoms with Gasteiger partial charge in [0.05, 0.1) is 24.4 Å². The lowest BCUT2D eigenvalue weighted by atomic mass is 10.1. The monoisotopic (exact) mass is 376 g/mol. The minimum absolute atomic E-state index is 0.0831. The number of carbonyl (C=O) groups excluding carboxylic acids is 1. The van der Waals surface area contributed by atoms with Crippen LogP contribution in [0.15, 0.2) is 18.2 Å². The molecule has 0 radical (unpaired) electrons.